The second-order valence-corrected chi connectivity index (χ2v) is 7.54. The minimum Gasteiger partial charge on any atom is -0.390 e. The third kappa shape index (κ3) is 4.48. The van der Waals surface area contributed by atoms with Gasteiger partial charge in [0.25, 0.3) is 0 Å². The molecule has 1 aromatic heterocycles. The number of amides is 2. The molecule has 2 amide bonds. The van der Waals surface area contributed by atoms with E-state index in [1.165, 1.54) is 0 Å². The van der Waals surface area contributed by atoms with E-state index >= 15 is 0 Å². The SMILES string of the molecule is CC(C)C1(O)CCC(NC(=O)NCC(C)(O)c2cnn(C)c2)CC1. The predicted molar refractivity (Wildman–Crippen MR) is 91.4 cm³/mol. The molecule has 1 aromatic rings. The molecular formula is C17H30N4O3. The standard InChI is InChI=1S/C17H30N4O3/c1-12(2)17(24)7-5-14(6-8-17)20-15(22)18-11-16(3,23)13-9-19-21(4)10-13/h9-10,12,14,23-24H,5-8,11H2,1-4H3,(H2,18,20,22). The zero-order chi connectivity index (χ0) is 18.0. The van der Waals surface area contributed by atoms with Crippen LogP contribution in [0.15, 0.2) is 12.4 Å². The van der Waals surface area contributed by atoms with E-state index in [2.05, 4.69) is 15.7 Å². The Kier molecular flexibility index (Phi) is 5.55. The number of hydrogen-bond donors (Lipinski definition) is 4. The summed E-state index contributed by atoms with van der Waals surface area (Å²) in [6, 6.07) is -0.230. The molecule has 0 radical (unpaired) electrons. The molecule has 0 bridgehead atoms. The fourth-order valence-corrected chi connectivity index (χ4v) is 3.13. The number of aliphatic hydroxyl groups is 2. The van der Waals surface area contributed by atoms with Crippen LogP contribution < -0.4 is 10.6 Å². The highest BCUT2D eigenvalue weighted by Gasteiger charge is 2.36. The van der Waals surface area contributed by atoms with E-state index in [0.717, 1.165) is 12.8 Å². The molecule has 4 N–H and O–H groups in total. The van der Waals surface area contributed by atoms with Gasteiger partial charge in [-0.2, -0.15) is 5.10 Å². The average Bonchev–Trinajstić information content (AvgIpc) is 2.95. The first-order chi connectivity index (χ1) is 11.1. The molecule has 0 spiro atoms. The van der Waals surface area contributed by atoms with Crippen molar-refractivity contribution in [2.75, 3.05) is 6.54 Å². The normalized spacial score (nSPS) is 26.9. The quantitative estimate of drug-likeness (QED) is 0.649. The lowest BCUT2D eigenvalue weighted by atomic mass is 9.75. The molecule has 1 atom stereocenters. The highest BCUT2D eigenvalue weighted by atomic mass is 16.3. The second-order valence-electron chi connectivity index (χ2n) is 7.54. The van der Waals surface area contributed by atoms with Gasteiger partial charge in [-0.1, -0.05) is 13.8 Å². The average molecular weight is 338 g/mol. The molecule has 1 unspecified atom stereocenters. The Hall–Kier alpha value is -1.60. The molecule has 0 aliphatic heterocycles. The summed E-state index contributed by atoms with van der Waals surface area (Å²) < 4.78 is 1.61. The number of nitrogens with one attached hydrogen (secondary N) is 2. The molecular weight excluding hydrogens is 308 g/mol. The van der Waals surface area contributed by atoms with Gasteiger partial charge in [0, 0.05) is 24.8 Å². The molecule has 136 valence electrons. The molecule has 7 heteroatoms. The van der Waals surface area contributed by atoms with E-state index in [0.29, 0.717) is 18.4 Å². The van der Waals surface area contributed by atoms with Crippen molar-refractivity contribution >= 4 is 6.03 Å². The fourth-order valence-electron chi connectivity index (χ4n) is 3.13. The number of carbonyl (C=O) groups is 1. The summed E-state index contributed by atoms with van der Waals surface area (Å²) >= 11 is 0. The van der Waals surface area contributed by atoms with Gasteiger partial charge in [0.2, 0.25) is 0 Å². The molecule has 1 saturated carbocycles. The Morgan fingerprint density at radius 3 is 2.62 bits per heavy atom. The molecule has 2 rings (SSSR count). The Morgan fingerprint density at radius 1 is 1.50 bits per heavy atom. The highest BCUT2D eigenvalue weighted by molar-refractivity contribution is 5.74. The number of nitrogens with zero attached hydrogens (tertiary/aromatic N) is 2. The smallest absolute Gasteiger partial charge is 0.315 e. The Morgan fingerprint density at radius 2 is 2.12 bits per heavy atom. The van der Waals surface area contributed by atoms with Gasteiger partial charge in [0.1, 0.15) is 5.60 Å². The van der Waals surface area contributed by atoms with Crippen LogP contribution >= 0.6 is 0 Å². The summed E-state index contributed by atoms with van der Waals surface area (Å²) in [7, 11) is 1.78. The first-order valence-electron chi connectivity index (χ1n) is 8.61. The van der Waals surface area contributed by atoms with Crippen molar-refractivity contribution in [1.82, 2.24) is 20.4 Å². The number of aromatic nitrogens is 2. The van der Waals surface area contributed by atoms with Gasteiger partial charge in [-0.25, -0.2) is 4.79 Å². The zero-order valence-electron chi connectivity index (χ0n) is 15.0. The molecule has 0 aromatic carbocycles. The Balaban J connectivity index is 1.78. The maximum atomic E-state index is 12.1. The second kappa shape index (κ2) is 7.11. The summed E-state index contributed by atoms with van der Waals surface area (Å²) in [6.07, 6.45) is 6.25. The van der Waals surface area contributed by atoms with Crippen LogP contribution in [-0.4, -0.2) is 44.2 Å². The topological polar surface area (TPSA) is 99.4 Å². The van der Waals surface area contributed by atoms with E-state index in [1.54, 1.807) is 31.0 Å². The summed E-state index contributed by atoms with van der Waals surface area (Å²) in [6.45, 7) is 5.81. The monoisotopic (exact) mass is 338 g/mol. The van der Waals surface area contributed by atoms with E-state index < -0.39 is 11.2 Å². The lowest BCUT2D eigenvalue weighted by Gasteiger charge is -2.39. The van der Waals surface area contributed by atoms with Gasteiger partial charge < -0.3 is 20.8 Å². The van der Waals surface area contributed by atoms with Crippen molar-refractivity contribution in [3.63, 3.8) is 0 Å². The molecule has 1 fully saturated rings. The van der Waals surface area contributed by atoms with E-state index in [4.69, 9.17) is 0 Å². The first kappa shape index (κ1) is 18.7. The van der Waals surface area contributed by atoms with Crippen LogP contribution in [0.5, 0.6) is 0 Å². The largest absolute Gasteiger partial charge is 0.390 e. The first-order valence-corrected chi connectivity index (χ1v) is 8.61. The summed E-state index contributed by atoms with van der Waals surface area (Å²) in [4.78, 5) is 12.1. The van der Waals surface area contributed by atoms with Crippen molar-refractivity contribution in [2.24, 2.45) is 13.0 Å². The highest BCUT2D eigenvalue weighted by Crippen LogP contribution is 2.34. The van der Waals surface area contributed by atoms with E-state index in [9.17, 15) is 15.0 Å². The number of carbonyl (C=O) groups excluding carboxylic acids is 1. The molecule has 1 aliphatic rings. The molecule has 7 nitrogen and oxygen atoms in total. The van der Waals surface area contributed by atoms with Crippen LogP contribution in [0.25, 0.3) is 0 Å². The molecule has 1 aliphatic carbocycles. The van der Waals surface area contributed by atoms with Crippen LogP contribution in [0.1, 0.15) is 52.0 Å². The third-order valence-corrected chi connectivity index (χ3v) is 5.18. The van der Waals surface area contributed by atoms with Gasteiger partial charge in [0.15, 0.2) is 0 Å². The van der Waals surface area contributed by atoms with Crippen LogP contribution in [0.2, 0.25) is 0 Å². The zero-order valence-corrected chi connectivity index (χ0v) is 15.0. The van der Waals surface area contributed by atoms with Crippen molar-refractivity contribution in [2.45, 2.75) is 63.7 Å². The van der Waals surface area contributed by atoms with Crippen molar-refractivity contribution in [1.29, 1.82) is 0 Å². The Labute approximate surface area is 143 Å². The minimum atomic E-state index is -1.17. The van der Waals surface area contributed by atoms with E-state index in [1.807, 2.05) is 13.8 Å². The number of hydrogen-bond acceptors (Lipinski definition) is 4. The summed E-state index contributed by atoms with van der Waals surface area (Å²) in [5, 5.41) is 30.6. The van der Waals surface area contributed by atoms with Crippen molar-refractivity contribution < 1.29 is 15.0 Å². The number of aryl methyl sites for hydroxylation is 1. The van der Waals surface area contributed by atoms with Gasteiger partial charge in [-0.3, -0.25) is 4.68 Å². The summed E-state index contributed by atoms with van der Waals surface area (Å²) in [5.41, 5.74) is -1.13. The van der Waals surface area contributed by atoms with Crippen molar-refractivity contribution in [3.8, 4) is 0 Å². The van der Waals surface area contributed by atoms with Gasteiger partial charge in [-0.15, -0.1) is 0 Å². The van der Waals surface area contributed by atoms with Gasteiger partial charge >= 0.3 is 6.03 Å². The molecule has 0 saturated heterocycles. The fraction of sp³-hybridized carbons (Fsp3) is 0.765. The van der Waals surface area contributed by atoms with Crippen molar-refractivity contribution in [3.05, 3.63) is 18.0 Å². The lowest BCUT2D eigenvalue weighted by molar-refractivity contribution is -0.0421. The molecule has 1 heterocycles. The molecule has 24 heavy (non-hydrogen) atoms. The van der Waals surface area contributed by atoms with Crippen LogP contribution in [-0.2, 0) is 12.6 Å². The lowest BCUT2D eigenvalue weighted by Crippen LogP contribution is -2.50. The van der Waals surface area contributed by atoms with Crippen LogP contribution in [0, 0.1) is 5.92 Å². The van der Waals surface area contributed by atoms with E-state index in [-0.39, 0.29) is 24.5 Å². The summed E-state index contributed by atoms with van der Waals surface area (Å²) in [5.74, 6) is 0.224. The van der Waals surface area contributed by atoms with Gasteiger partial charge in [0.05, 0.1) is 18.3 Å². The van der Waals surface area contributed by atoms with Crippen LogP contribution in [0.3, 0.4) is 0 Å². The maximum Gasteiger partial charge on any atom is 0.315 e. The van der Waals surface area contributed by atoms with Crippen LogP contribution in [0.4, 0.5) is 4.79 Å². The number of rotatable bonds is 5. The minimum absolute atomic E-state index is 0.0624. The Bertz CT molecular complexity index is 560. The number of urea groups is 1. The third-order valence-electron chi connectivity index (χ3n) is 5.18. The predicted octanol–water partition coefficient (Wildman–Crippen LogP) is 1.26. The van der Waals surface area contributed by atoms with Gasteiger partial charge in [-0.05, 0) is 38.5 Å². The maximum absolute atomic E-state index is 12.1.